The predicted molar refractivity (Wildman–Crippen MR) is 62.1 cm³/mol. The second-order valence-corrected chi connectivity index (χ2v) is 5.14. The SMILES string of the molecule is O=C(O)CCCn1c2c(sc1=O)CCCC2. The number of aliphatic carboxylic acids is 1. The minimum Gasteiger partial charge on any atom is -0.481 e. The Labute approximate surface area is 97.5 Å². The molecule has 0 aliphatic heterocycles. The fourth-order valence-electron chi connectivity index (χ4n) is 2.14. The van der Waals surface area contributed by atoms with Crippen molar-refractivity contribution in [3.63, 3.8) is 0 Å². The van der Waals surface area contributed by atoms with Gasteiger partial charge in [0.25, 0.3) is 0 Å². The molecule has 1 N–H and O–H groups in total. The topological polar surface area (TPSA) is 59.3 Å². The zero-order valence-electron chi connectivity index (χ0n) is 9.07. The quantitative estimate of drug-likeness (QED) is 0.872. The number of carbonyl (C=O) groups is 1. The third kappa shape index (κ3) is 2.35. The molecule has 16 heavy (non-hydrogen) atoms. The molecule has 0 saturated heterocycles. The van der Waals surface area contributed by atoms with Crippen molar-refractivity contribution < 1.29 is 9.90 Å². The van der Waals surface area contributed by atoms with Crippen molar-refractivity contribution in [2.75, 3.05) is 0 Å². The van der Waals surface area contributed by atoms with Gasteiger partial charge >= 0.3 is 10.8 Å². The van der Waals surface area contributed by atoms with E-state index in [0.717, 1.165) is 25.0 Å². The van der Waals surface area contributed by atoms with E-state index in [0.29, 0.717) is 13.0 Å². The lowest BCUT2D eigenvalue weighted by Crippen LogP contribution is -2.18. The molecule has 2 rings (SSSR count). The monoisotopic (exact) mass is 241 g/mol. The highest BCUT2D eigenvalue weighted by atomic mass is 32.1. The molecule has 0 unspecified atom stereocenters. The van der Waals surface area contributed by atoms with Crippen LogP contribution in [-0.4, -0.2) is 15.6 Å². The average molecular weight is 241 g/mol. The second kappa shape index (κ2) is 4.82. The van der Waals surface area contributed by atoms with E-state index >= 15 is 0 Å². The predicted octanol–water partition coefficient (Wildman–Crippen LogP) is 1.65. The number of hydrogen-bond acceptors (Lipinski definition) is 3. The maximum Gasteiger partial charge on any atom is 0.307 e. The Balaban J connectivity index is 2.11. The Morgan fingerprint density at radius 1 is 1.38 bits per heavy atom. The van der Waals surface area contributed by atoms with Gasteiger partial charge in [-0.15, -0.1) is 0 Å². The molecule has 0 fully saturated rings. The fraction of sp³-hybridized carbons (Fsp3) is 0.636. The molecule has 1 aromatic heterocycles. The molecular formula is C11H15NO3S. The third-order valence-corrected chi connectivity index (χ3v) is 4.00. The average Bonchev–Trinajstić information content (AvgIpc) is 2.55. The molecule has 5 heteroatoms. The molecule has 1 aliphatic rings. The smallest absolute Gasteiger partial charge is 0.307 e. The molecule has 0 amide bonds. The van der Waals surface area contributed by atoms with Crippen LogP contribution in [0.5, 0.6) is 0 Å². The number of aromatic nitrogens is 1. The summed E-state index contributed by atoms with van der Waals surface area (Å²) < 4.78 is 1.78. The zero-order chi connectivity index (χ0) is 11.5. The van der Waals surface area contributed by atoms with Gasteiger partial charge in [-0.2, -0.15) is 0 Å². The molecule has 0 bridgehead atoms. The number of aryl methyl sites for hydroxylation is 1. The summed E-state index contributed by atoms with van der Waals surface area (Å²) in [6.45, 7) is 0.553. The van der Waals surface area contributed by atoms with Crippen LogP contribution < -0.4 is 4.87 Å². The highest BCUT2D eigenvalue weighted by molar-refractivity contribution is 7.09. The van der Waals surface area contributed by atoms with Crippen LogP contribution >= 0.6 is 11.3 Å². The van der Waals surface area contributed by atoms with E-state index in [1.54, 1.807) is 4.57 Å². The van der Waals surface area contributed by atoms with Crippen LogP contribution in [0.3, 0.4) is 0 Å². The van der Waals surface area contributed by atoms with Crippen LogP contribution in [0.2, 0.25) is 0 Å². The summed E-state index contributed by atoms with van der Waals surface area (Å²) in [5, 5.41) is 8.57. The van der Waals surface area contributed by atoms with Crippen molar-refractivity contribution in [1.82, 2.24) is 4.57 Å². The van der Waals surface area contributed by atoms with E-state index in [4.69, 9.17) is 5.11 Å². The van der Waals surface area contributed by atoms with Gasteiger partial charge in [-0.3, -0.25) is 9.59 Å². The normalized spacial score (nSPS) is 14.8. The van der Waals surface area contributed by atoms with E-state index in [1.165, 1.54) is 22.6 Å². The minimum atomic E-state index is -0.794. The summed E-state index contributed by atoms with van der Waals surface area (Å²) in [7, 11) is 0. The molecule has 88 valence electrons. The number of carboxylic acid groups (broad SMARTS) is 1. The van der Waals surface area contributed by atoms with Gasteiger partial charge < -0.3 is 9.67 Å². The molecule has 0 saturated carbocycles. The standard InChI is InChI=1S/C11H15NO3S/c13-10(14)6-3-7-12-8-4-1-2-5-9(8)16-11(12)15/h1-7H2,(H,13,14). The van der Waals surface area contributed by atoms with Crippen LogP contribution in [0.25, 0.3) is 0 Å². The Kier molecular flexibility index (Phi) is 3.43. The molecule has 0 aromatic carbocycles. The first-order chi connectivity index (χ1) is 7.68. The first kappa shape index (κ1) is 11.4. The van der Waals surface area contributed by atoms with Crippen molar-refractivity contribution in [1.29, 1.82) is 0 Å². The van der Waals surface area contributed by atoms with Gasteiger partial charge in [-0.25, -0.2) is 0 Å². The van der Waals surface area contributed by atoms with Crippen LogP contribution in [0.15, 0.2) is 4.79 Å². The van der Waals surface area contributed by atoms with Crippen molar-refractivity contribution >= 4 is 17.3 Å². The third-order valence-electron chi connectivity index (χ3n) is 2.92. The van der Waals surface area contributed by atoms with Crippen LogP contribution in [0.4, 0.5) is 0 Å². The van der Waals surface area contributed by atoms with E-state index in [1.807, 2.05) is 0 Å². The Morgan fingerprint density at radius 2 is 2.12 bits per heavy atom. The molecule has 1 heterocycles. The number of hydrogen-bond donors (Lipinski definition) is 1. The van der Waals surface area contributed by atoms with Crippen molar-refractivity contribution in [3.8, 4) is 0 Å². The maximum absolute atomic E-state index is 11.7. The number of rotatable bonds is 4. The number of thiazole rings is 1. The summed E-state index contributed by atoms with van der Waals surface area (Å²) >= 11 is 1.34. The first-order valence-corrected chi connectivity index (χ1v) is 6.43. The fourth-order valence-corrected chi connectivity index (χ4v) is 3.24. The minimum absolute atomic E-state index is 0.0808. The Morgan fingerprint density at radius 3 is 2.88 bits per heavy atom. The molecule has 0 atom stereocenters. The highest BCUT2D eigenvalue weighted by Gasteiger charge is 2.17. The molecule has 1 aliphatic carbocycles. The van der Waals surface area contributed by atoms with Crippen LogP contribution in [0.1, 0.15) is 36.3 Å². The van der Waals surface area contributed by atoms with Crippen LogP contribution in [0, 0.1) is 0 Å². The molecule has 0 radical (unpaired) electrons. The summed E-state index contributed by atoms with van der Waals surface area (Å²) in [4.78, 5) is 23.4. The highest BCUT2D eigenvalue weighted by Crippen LogP contribution is 2.23. The summed E-state index contributed by atoms with van der Waals surface area (Å²) in [5.74, 6) is -0.794. The summed E-state index contributed by atoms with van der Waals surface area (Å²) in [6, 6.07) is 0. The number of carboxylic acids is 1. The van der Waals surface area contributed by atoms with E-state index < -0.39 is 5.97 Å². The second-order valence-electron chi connectivity index (χ2n) is 4.09. The Bertz CT molecular complexity index is 447. The van der Waals surface area contributed by atoms with E-state index in [-0.39, 0.29) is 11.3 Å². The molecule has 1 aromatic rings. The van der Waals surface area contributed by atoms with Gasteiger partial charge in [-0.1, -0.05) is 11.3 Å². The van der Waals surface area contributed by atoms with Crippen molar-refractivity contribution in [2.24, 2.45) is 0 Å². The molecular weight excluding hydrogens is 226 g/mol. The maximum atomic E-state index is 11.7. The summed E-state index contributed by atoms with van der Waals surface area (Å²) in [5.41, 5.74) is 1.16. The first-order valence-electron chi connectivity index (χ1n) is 5.61. The van der Waals surface area contributed by atoms with E-state index in [2.05, 4.69) is 0 Å². The lowest BCUT2D eigenvalue weighted by atomic mass is 10.0. The van der Waals surface area contributed by atoms with Gasteiger partial charge in [0.15, 0.2) is 0 Å². The van der Waals surface area contributed by atoms with E-state index in [9.17, 15) is 9.59 Å². The van der Waals surface area contributed by atoms with Gasteiger partial charge in [0, 0.05) is 23.5 Å². The molecule has 4 nitrogen and oxygen atoms in total. The van der Waals surface area contributed by atoms with Crippen LogP contribution in [-0.2, 0) is 24.2 Å². The lowest BCUT2D eigenvalue weighted by Gasteiger charge is -2.13. The van der Waals surface area contributed by atoms with Gasteiger partial charge in [-0.05, 0) is 32.1 Å². The zero-order valence-corrected chi connectivity index (χ0v) is 9.89. The van der Waals surface area contributed by atoms with Gasteiger partial charge in [0.1, 0.15) is 0 Å². The number of nitrogens with zero attached hydrogens (tertiary/aromatic N) is 1. The largest absolute Gasteiger partial charge is 0.481 e. The lowest BCUT2D eigenvalue weighted by molar-refractivity contribution is -0.137. The van der Waals surface area contributed by atoms with Crippen molar-refractivity contribution in [3.05, 3.63) is 20.2 Å². The Hall–Kier alpha value is -1.10. The van der Waals surface area contributed by atoms with Crippen molar-refractivity contribution in [2.45, 2.75) is 45.1 Å². The number of fused-ring (bicyclic) bond motifs is 1. The summed E-state index contributed by atoms with van der Waals surface area (Å²) in [6.07, 6.45) is 4.97. The molecule has 0 spiro atoms. The van der Waals surface area contributed by atoms with Gasteiger partial charge in [0.05, 0.1) is 0 Å². The van der Waals surface area contributed by atoms with Gasteiger partial charge in [0.2, 0.25) is 0 Å².